The third-order valence-electron chi connectivity index (χ3n) is 3.59. The molecule has 1 aromatic carbocycles. The van der Waals surface area contributed by atoms with E-state index in [-0.39, 0.29) is 0 Å². The molecule has 3 heterocycles. The molecule has 0 aliphatic carbocycles. The molecule has 0 unspecified atom stereocenters. The van der Waals surface area contributed by atoms with E-state index in [9.17, 15) is 0 Å². The summed E-state index contributed by atoms with van der Waals surface area (Å²) in [5.74, 6) is 1.63. The zero-order valence-corrected chi connectivity index (χ0v) is 12.1. The van der Waals surface area contributed by atoms with Crippen LogP contribution in [-0.2, 0) is 6.54 Å². The van der Waals surface area contributed by atoms with E-state index in [0.717, 1.165) is 33.5 Å². The van der Waals surface area contributed by atoms with E-state index in [0.29, 0.717) is 6.54 Å². The van der Waals surface area contributed by atoms with Gasteiger partial charge in [-0.15, -0.1) is 0 Å². The van der Waals surface area contributed by atoms with Gasteiger partial charge in [0.1, 0.15) is 23.5 Å². The number of rotatable bonds is 3. The highest BCUT2D eigenvalue weighted by atomic mass is 16.3. The second-order valence-electron chi connectivity index (χ2n) is 5.22. The van der Waals surface area contributed by atoms with E-state index in [1.165, 1.54) is 11.9 Å². The fourth-order valence-corrected chi connectivity index (χ4v) is 2.52. The lowest BCUT2D eigenvalue weighted by atomic mass is 10.2. The molecule has 0 fully saturated rings. The van der Waals surface area contributed by atoms with E-state index in [1.54, 1.807) is 12.4 Å². The van der Waals surface area contributed by atoms with Crippen molar-refractivity contribution < 1.29 is 4.42 Å². The molecule has 4 rings (SSSR count). The van der Waals surface area contributed by atoms with Crippen LogP contribution in [0.1, 0.15) is 11.3 Å². The highest BCUT2D eigenvalue weighted by Crippen LogP contribution is 2.22. The van der Waals surface area contributed by atoms with Crippen molar-refractivity contribution in [1.82, 2.24) is 15.0 Å². The Morgan fingerprint density at radius 1 is 1.14 bits per heavy atom. The minimum absolute atomic E-state index is 0.564. The SMILES string of the molecule is Cc1ccc2oc(CNc3nccc4ncncc34)cc2c1. The number of fused-ring (bicyclic) bond motifs is 2. The maximum atomic E-state index is 5.84. The van der Waals surface area contributed by atoms with Crippen LogP contribution in [0.15, 0.2) is 53.5 Å². The number of benzene rings is 1. The predicted molar refractivity (Wildman–Crippen MR) is 85.6 cm³/mol. The highest BCUT2D eigenvalue weighted by molar-refractivity contribution is 5.88. The Morgan fingerprint density at radius 3 is 3.05 bits per heavy atom. The smallest absolute Gasteiger partial charge is 0.137 e. The molecule has 0 saturated carbocycles. The molecule has 0 saturated heterocycles. The Kier molecular flexibility index (Phi) is 2.96. The molecular weight excluding hydrogens is 276 g/mol. The van der Waals surface area contributed by atoms with Crippen LogP contribution in [0.2, 0.25) is 0 Å². The van der Waals surface area contributed by atoms with E-state index < -0.39 is 0 Å². The Balaban J connectivity index is 1.62. The van der Waals surface area contributed by atoms with Crippen molar-refractivity contribution >= 4 is 27.7 Å². The average molecular weight is 290 g/mol. The van der Waals surface area contributed by atoms with Crippen LogP contribution in [0.4, 0.5) is 5.82 Å². The lowest BCUT2D eigenvalue weighted by molar-refractivity contribution is 0.559. The molecule has 3 aromatic heterocycles. The van der Waals surface area contributed by atoms with Crippen LogP contribution in [0.3, 0.4) is 0 Å². The molecule has 0 bridgehead atoms. The van der Waals surface area contributed by atoms with Gasteiger partial charge in [-0.25, -0.2) is 15.0 Å². The van der Waals surface area contributed by atoms with Gasteiger partial charge in [-0.1, -0.05) is 11.6 Å². The standard InChI is InChI=1S/C17H14N4O/c1-11-2-3-16-12(6-11)7-13(22-16)8-20-17-14-9-18-10-21-15(14)4-5-19-17/h2-7,9-10H,8H2,1H3,(H,19,20). The summed E-state index contributed by atoms with van der Waals surface area (Å²) in [6, 6.07) is 10.1. The first kappa shape index (κ1) is 12.8. The van der Waals surface area contributed by atoms with E-state index in [2.05, 4.69) is 39.3 Å². The fraction of sp³-hybridized carbons (Fsp3) is 0.118. The molecule has 0 spiro atoms. The van der Waals surface area contributed by atoms with Crippen LogP contribution < -0.4 is 5.32 Å². The number of nitrogens with one attached hydrogen (secondary N) is 1. The maximum Gasteiger partial charge on any atom is 0.137 e. The third-order valence-corrected chi connectivity index (χ3v) is 3.59. The number of hydrogen-bond donors (Lipinski definition) is 1. The van der Waals surface area contributed by atoms with Gasteiger partial charge < -0.3 is 9.73 Å². The van der Waals surface area contributed by atoms with Crippen LogP contribution in [-0.4, -0.2) is 15.0 Å². The second kappa shape index (κ2) is 5.11. The summed E-state index contributed by atoms with van der Waals surface area (Å²) in [6.45, 7) is 2.64. The third kappa shape index (κ3) is 2.26. The number of pyridine rings is 1. The first-order valence-corrected chi connectivity index (χ1v) is 7.07. The summed E-state index contributed by atoms with van der Waals surface area (Å²) in [4.78, 5) is 12.6. The van der Waals surface area contributed by atoms with Crippen molar-refractivity contribution in [3.8, 4) is 0 Å². The zero-order chi connectivity index (χ0) is 14.9. The van der Waals surface area contributed by atoms with Gasteiger partial charge in [-0.2, -0.15) is 0 Å². The maximum absolute atomic E-state index is 5.84. The lowest BCUT2D eigenvalue weighted by Gasteiger charge is -2.05. The average Bonchev–Trinajstić information content (AvgIpc) is 2.95. The Labute approximate surface area is 127 Å². The number of anilines is 1. The molecule has 0 amide bonds. The summed E-state index contributed by atoms with van der Waals surface area (Å²) in [5.41, 5.74) is 2.99. The topological polar surface area (TPSA) is 63.8 Å². The second-order valence-corrected chi connectivity index (χ2v) is 5.22. The van der Waals surface area contributed by atoms with Gasteiger partial charge in [0.15, 0.2) is 0 Å². The molecule has 0 radical (unpaired) electrons. The molecule has 1 N–H and O–H groups in total. The van der Waals surface area contributed by atoms with Crippen LogP contribution in [0.5, 0.6) is 0 Å². The Hall–Kier alpha value is -2.95. The first-order valence-electron chi connectivity index (χ1n) is 7.07. The quantitative estimate of drug-likeness (QED) is 0.623. The summed E-state index contributed by atoms with van der Waals surface area (Å²) in [7, 11) is 0. The minimum Gasteiger partial charge on any atom is -0.459 e. The summed E-state index contributed by atoms with van der Waals surface area (Å²) >= 11 is 0. The van der Waals surface area contributed by atoms with Crippen molar-refractivity contribution in [3.63, 3.8) is 0 Å². The highest BCUT2D eigenvalue weighted by Gasteiger charge is 2.06. The molecule has 0 aliphatic rings. The molecule has 4 aromatic rings. The van der Waals surface area contributed by atoms with Gasteiger partial charge in [0, 0.05) is 17.8 Å². The van der Waals surface area contributed by atoms with Crippen molar-refractivity contribution in [2.45, 2.75) is 13.5 Å². The first-order chi connectivity index (χ1) is 10.8. The van der Waals surface area contributed by atoms with Crippen molar-refractivity contribution in [2.75, 3.05) is 5.32 Å². The molecule has 5 nitrogen and oxygen atoms in total. The van der Waals surface area contributed by atoms with Gasteiger partial charge in [-0.05, 0) is 31.2 Å². The zero-order valence-electron chi connectivity index (χ0n) is 12.1. The van der Waals surface area contributed by atoms with Crippen molar-refractivity contribution in [2.24, 2.45) is 0 Å². The van der Waals surface area contributed by atoms with Crippen molar-refractivity contribution in [1.29, 1.82) is 0 Å². The fourth-order valence-electron chi connectivity index (χ4n) is 2.52. The van der Waals surface area contributed by atoms with Crippen LogP contribution >= 0.6 is 0 Å². The normalized spacial score (nSPS) is 11.1. The molecule has 22 heavy (non-hydrogen) atoms. The van der Waals surface area contributed by atoms with E-state index in [4.69, 9.17) is 4.42 Å². The number of furan rings is 1. The number of aromatic nitrogens is 3. The van der Waals surface area contributed by atoms with Gasteiger partial charge in [-0.3, -0.25) is 0 Å². The Bertz CT molecular complexity index is 956. The molecule has 108 valence electrons. The van der Waals surface area contributed by atoms with Gasteiger partial charge >= 0.3 is 0 Å². The molecule has 5 heteroatoms. The minimum atomic E-state index is 0.564. The van der Waals surface area contributed by atoms with Crippen LogP contribution in [0.25, 0.3) is 21.9 Å². The van der Waals surface area contributed by atoms with E-state index >= 15 is 0 Å². The largest absolute Gasteiger partial charge is 0.459 e. The number of hydrogen-bond acceptors (Lipinski definition) is 5. The van der Waals surface area contributed by atoms with Crippen molar-refractivity contribution in [3.05, 3.63) is 60.4 Å². The molecule has 0 aliphatic heterocycles. The predicted octanol–water partition coefficient (Wildman–Crippen LogP) is 3.69. The lowest BCUT2D eigenvalue weighted by Crippen LogP contribution is -2.01. The molecular formula is C17H14N4O. The van der Waals surface area contributed by atoms with Gasteiger partial charge in [0.2, 0.25) is 0 Å². The number of aryl methyl sites for hydroxylation is 1. The monoisotopic (exact) mass is 290 g/mol. The van der Waals surface area contributed by atoms with Crippen LogP contribution in [0, 0.1) is 6.92 Å². The van der Waals surface area contributed by atoms with Gasteiger partial charge in [0.05, 0.1) is 17.4 Å². The Morgan fingerprint density at radius 2 is 2.09 bits per heavy atom. The number of nitrogens with zero attached hydrogens (tertiary/aromatic N) is 3. The van der Waals surface area contributed by atoms with E-state index in [1.807, 2.05) is 18.2 Å². The summed E-state index contributed by atoms with van der Waals surface area (Å²) in [5, 5.41) is 5.31. The molecule has 0 atom stereocenters. The van der Waals surface area contributed by atoms with Gasteiger partial charge in [0.25, 0.3) is 0 Å². The summed E-state index contributed by atoms with van der Waals surface area (Å²) in [6.07, 6.45) is 5.03. The summed E-state index contributed by atoms with van der Waals surface area (Å²) < 4.78 is 5.84.